The van der Waals surface area contributed by atoms with Crippen LogP contribution in [0.15, 0.2) is 12.1 Å². The molecule has 0 bridgehead atoms. The second kappa shape index (κ2) is 3.93. The summed E-state index contributed by atoms with van der Waals surface area (Å²) in [5, 5.41) is 0. The third-order valence-corrected chi connectivity index (χ3v) is 2.79. The standard InChI is InChI=1S/C8H12N4O4S/c9-7-4-6(11-2-1-3-11)5-8(10)12(7)16-17(13,14)15/h4-5H,1-3H2,(H4,9,10,13,14,15)/p+1. The molecule has 5 N–H and O–H groups in total. The van der Waals surface area contributed by atoms with Crippen LogP contribution in [-0.4, -0.2) is 26.1 Å². The van der Waals surface area contributed by atoms with Gasteiger partial charge in [-0.05, 0) is 11.2 Å². The Bertz CT molecular complexity index is 517. The predicted molar refractivity (Wildman–Crippen MR) is 60.4 cm³/mol. The Hall–Kier alpha value is -1.74. The fraction of sp³-hybridized carbons (Fsp3) is 0.375. The predicted octanol–water partition coefficient (Wildman–Crippen LogP) is -1.42. The van der Waals surface area contributed by atoms with Crippen LogP contribution in [0.5, 0.6) is 0 Å². The number of pyridine rings is 1. The lowest BCUT2D eigenvalue weighted by Crippen LogP contribution is -2.50. The van der Waals surface area contributed by atoms with Gasteiger partial charge in [-0.2, -0.15) is 8.42 Å². The molecule has 17 heavy (non-hydrogen) atoms. The van der Waals surface area contributed by atoms with E-state index >= 15 is 0 Å². The Morgan fingerprint density at radius 1 is 1.29 bits per heavy atom. The summed E-state index contributed by atoms with van der Waals surface area (Å²) in [7, 11) is -4.66. The molecule has 0 saturated carbocycles. The quantitative estimate of drug-likeness (QED) is 0.450. The molecule has 0 unspecified atom stereocenters. The third-order valence-electron chi connectivity index (χ3n) is 2.45. The fourth-order valence-electron chi connectivity index (χ4n) is 1.55. The van der Waals surface area contributed by atoms with Crippen molar-refractivity contribution < 1.29 is 22.0 Å². The Morgan fingerprint density at radius 2 is 1.82 bits per heavy atom. The molecule has 9 heteroatoms. The van der Waals surface area contributed by atoms with Crippen LogP contribution in [0.25, 0.3) is 0 Å². The Balaban J connectivity index is 2.35. The zero-order chi connectivity index (χ0) is 12.6. The van der Waals surface area contributed by atoms with Crippen molar-refractivity contribution in [1.82, 2.24) is 0 Å². The largest absolute Gasteiger partial charge is 0.476 e. The summed E-state index contributed by atoms with van der Waals surface area (Å²) in [6, 6.07) is 3.06. The highest BCUT2D eigenvalue weighted by Crippen LogP contribution is 2.22. The van der Waals surface area contributed by atoms with Gasteiger partial charge in [-0.1, -0.05) is 0 Å². The zero-order valence-electron chi connectivity index (χ0n) is 8.91. The van der Waals surface area contributed by atoms with Gasteiger partial charge in [0, 0.05) is 25.2 Å². The summed E-state index contributed by atoms with van der Waals surface area (Å²) in [6.07, 6.45) is 1.09. The van der Waals surface area contributed by atoms with Crippen LogP contribution in [0.2, 0.25) is 0 Å². The first-order valence-corrected chi connectivity index (χ1v) is 6.27. The molecule has 0 atom stereocenters. The van der Waals surface area contributed by atoms with Crippen molar-refractivity contribution in [3.8, 4) is 0 Å². The molecule has 94 valence electrons. The molecule has 0 spiro atoms. The third kappa shape index (κ3) is 2.50. The van der Waals surface area contributed by atoms with E-state index in [0.717, 1.165) is 25.2 Å². The van der Waals surface area contributed by atoms with Gasteiger partial charge < -0.3 is 16.4 Å². The Morgan fingerprint density at radius 3 is 2.18 bits per heavy atom. The molecule has 1 fully saturated rings. The van der Waals surface area contributed by atoms with Crippen LogP contribution < -0.4 is 25.4 Å². The zero-order valence-corrected chi connectivity index (χ0v) is 9.72. The molecule has 1 aromatic heterocycles. The first-order chi connectivity index (χ1) is 7.87. The molecule has 8 nitrogen and oxygen atoms in total. The van der Waals surface area contributed by atoms with Crippen LogP contribution in [0.1, 0.15) is 6.42 Å². The van der Waals surface area contributed by atoms with Gasteiger partial charge in [-0.15, -0.1) is 0 Å². The van der Waals surface area contributed by atoms with Crippen molar-refractivity contribution in [2.45, 2.75) is 6.42 Å². The minimum absolute atomic E-state index is 0.00970. The van der Waals surface area contributed by atoms with E-state index in [1.165, 1.54) is 12.1 Å². The number of hydrogen-bond acceptors (Lipinski definition) is 6. The lowest BCUT2D eigenvalue weighted by atomic mass is 10.2. The van der Waals surface area contributed by atoms with E-state index in [9.17, 15) is 8.42 Å². The van der Waals surface area contributed by atoms with E-state index in [0.29, 0.717) is 4.73 Å². The van der Waals surface area contributed by atoms with Crippen LogP contribution in [0.3, 0.4) is 0 Å². The monoisotopic (exact) mass is 261 g/mol. The van der Waals surface area contributed by atoms with Gasteiger partial charge in [0.2, 0.25) is 0 Å². The summed E-state index contributed by atoms with van der Waals surface area (Å²) in [4.78, 5) is 2.03. The van der Waals surface area contributed by atoms with Crippen LogP contribution in [-0.2, 0) is 10.4 Å². The molecule has 1 aromatic rings. The second-order valence-corrected chi connectivity index (χ2v) is 4.71. The SMILES string of the molecule is Nc1cc(N2CCC2)cc(N)[n+]1OS(=O)(=O)O. The van der Waals surface area contributed by atoms with Gasteiger partial charge in [0.25, 0.3) is 11.6 Å². The number of nitrogens with zero attached hydrogens (tertiary/aromatic N) is 2. The molecule has 0 aliphatic carbocycles. The molecule has 1 aliphatic heterocycles. The van der Waals surface area contributed by atoms with E-state index < -0.39 is 10.4 Å². The van der Waals surface area contributed by atoms with Crippen LogP contribution in [0.4, 0.5) is 17.3 Å². The van der Waals surface area contributed by atoms with Crippen molar-refractivity contribution in [3.63, 3.8) is 0 Å². The van der Waals surface area contributed by atoms with E-state index in [4.69, 9.17) is 16.0 Å². The number of nitrogens with two attached hydrogens (primary N) is 2. The first kappa shape index (κ1) is 11.7. The highest BCUT2D eigenvalue weighted by Gasteiger charge is 2.22. The molecule has 2 rings (SSSR count). The van der Waals surface area contributed by atoms with Gasteiger partial charge in [0.15, 0.2) is 0 Å². The summed E-state index contributed by atoms with van der Waals surface area (Å²) >= 11 is 0. The van der Waals surface area contributed by atoms with Crippen molar-refractivity contribution in [2.24, 2.45) is 0 Å². The lowest BCUT2D eigenvalue weighted by molar-refractivity contribution is -0.833. The average molecular weight is 261 g/mol. The maximum Gasteiger partial charge on any atom is 0.476 e. The lowest BCUT2D eigenvalue weighted by Gasteiger charge is -2.33. The Kier molecular flexibility index (Phi) is 2.71. The molecule has 0 amide bonds. The summed E-state index contributed by atoms with van der Waals surface area (Å²) in [5.41, 5.74) is 12.0. The van der Waals surface area contributed by atoms with Crippen LogP contribution in [0, 0.1) is 0 Å². The van der Waals surface area contributed by atoms with Crippen molar-refractivity contribution >= 4 is 27.7 Å². The molecular weight excluding hydrogens is 248 g/mol. The maximum absolute atomic E-state index is 10.6. The van der Waals surface area contributed by atoms with E-state index in [2.05, 4.69) is 4.28 Å². The van der Waals surface area contributed by atoms with Crippen molar-refractivity contribution in [1.29, 1.82) is 0 Å². The normalized spacial score (nSPS) is 15.5. The highest BCUT2D eigenvalue weighted by atomic mass is 32.3. The van der Waals surface area contributed by atoms with E-state index in [1.807, 2.05) is 4.90 Å². The summed E-state index contributed by atoms with van der Waals surface area (Å²) in [6.45, 7) is 1.81. The average Bonchev–Trinajstić information content (AvgIpc) is 2.07. The smallest absolute Gasteiger partial charge is 0.371 e. The minimum Gasteiger partial charge on any atom is -0.371 e. The number of anilines is 3. The molecular formula is C8H13N4O4S+. The topological polar surface area (TPSA) is 123 Å². The molecule has 0 aromatic carbocycles. The number of nitrogen functional groups attached to an aromatic ring is 2. The molecule has 1 saturated heterocycles. The number of hydrogen-bond donors (Lipinski definition) is 3. The number of aromatic nitrogens is 1. The second-order valence-electron chi connectivity index (χ2n) is 3.70. The van der Waals surface area contributed by atoms with Gasteiger partial charge in [0.1, 0.15) is 0 Å². The highest BCUT2D eigenvalue weighted by molar-refractivity contribution is 7.80. The van der Waals surface area contributed by atoms with Crippen LogP contribution >= 0.6 is 0 Å². The van der Waals surface area contributed by atoms with Gasteiger partial charge >= 0.3 is 10.4 Å². The first-order valence-electron chi connectivity index (χ1n) is 4.90. The van der Waals surface area contributed by atoms with Crippen molar-refractivity contribution in [2.75, 3.05) is 29.5 Å². The molecule has 2 heterocycles. The van der Waals surface area contributed by atoms with Gasteiger partial charge in [-0.3, -0.25) is 4.55 Å². The maximum atomic E-state index is 10.6. The van der Waals surface area contributed by atoms with E-state index in [-0.39, 0.29) is 11.6 Å². The fourth-order valence-corrected chi connectivity index (χ4v) is 1.91. The molecule has 0 radical (unpaired) electrons. The van der Waals surface area contributed by atoms with Gasteiger partial charge in [0.05, 0.1) is 5.69 Å². The summed E-state index contributed by atoms with van der Waals surface area (Å²) < 4.78 is 34.6. The van der Waals surface area contributed by atoms with Gasteiger partial charge in [-0.25, -0.2) is 4.28 Å². The van der Waals surface area contributed by atoms with E-state index in [1.54, 1.807) is 0 Å². The molecule has 1 aliphatic rings. The Labute approximate surface area is 98.3 Å². The number of rotatable bonds is 3. The van der Waals surface area contributed by atoms with Crippen molar-refractivity contribution in [3.05, 3.63) is 12.1 Å². The summed E-state index contributed by atoms with van der Waals surface area (Å²) in [5.74, 6) is -0.0194. The minimum atomic E-state index is -4.66.